The fraction of sp³-hybridized carbons (Fsp3) is 0.167. The lowest BCUT2D eigenvalue weighted by Crippen LogP contribution is -2.32. The highest BCUT2D eigenvalue weighted by Crippen LogP contribution is 2.37. The number of hydrogen-bond donors (Lipinski definition) is 0. The van der Waals surface area contributed by atoms with E-state index in [0.717, 1.165) is 31.0 Å². The van der Waals surface area contributed by atoms with Crippen LogP contribution in [0.1, 0.15) is 23.6 Å². The Hall–Kier alpha value is -4.70. The molecule has 0 atom stereocenters. The monoisotopic (exact) mass is 524 g/mol. The van der Waals surface area contributed by atoms with Crippen LogP contribution in [-0.4, -0.2) is 13.5 Å². The maximum atomic E-state index is 6.27. The van der Waals surface area contributed by atoms with Crippen molar-refractivity contribution in [3.8, 4) is 33.8 Å². The van der Waals surface area contributed by atoms with Gasteiger partial charge in [-0.1, -0.05) is 73.7 Å². The third-order valence-electron chi connectivity index (χ3n) is 7.94. The van der Waals surface area contributed by atoms with E-state index in [1.807, 2.05) is 6.07 Å². The molecule has 4 heteroatoms. The Balaban J connectivity index is 1.15. The van der Waals surface area contributed by atoms with Gasteiger partial charge in [0.05, 0.1) is 0 Å². The van der Waals surface area contributed by atoms with Crippen molar-refractivity contribution in [2.75, 3.05) is 23.3 Å². The molecule has 5 aromatic rings. The molecular formula is C36H32N2O2. The average molecular weight is 525 g/mol. The van der Waals surface area contributed by atoms with E-state index in [4.69, 9.17) is 9.47 Å². The Morgan fingerprint density at radius 3 is 1.75 bits per heavy atom. The molecular weight excluding hydrogens is 492 g/mol. The first-order valence-corrected chi connectivity index (χ1v) is 14.0. The summed E-state index contributed by atoms with van der Waals surface area (Å²) in [7, 11) is 0. The van der Waals surface area contributed by atoms with Gasteiger partial charge in [-0.2, -0.15) is 0 Å². The summed E-state index contributed by atoms with van der Waals surface area (Å²) in [6.45, 7) is 5.03. The van der Waals surface area contributed by atoms with Gasteiger partial charge in [-0.05, 0) is 82.8 Å². The first-order chi connectivity index (χ1) is 19.7. The molecule has 4 nitrogen and oxygen atoms in total. The fourth-order valence-electron chi connectivity index (χ4n) is 5.77. The average Bonchev–Trinajstić information content (AvgIpc) is 3.04. The SMILES string of the molecule is CCc1cc(-c2ccc(-c3ccc4c(c3)CN(c3ccccc3)CO4)cc2)cc2c1OCN(c1ccccc1)C2. The van der Waals surface area contributed by atoms with Crippen LogP contribution < -0.4 is 19.3 Å². The molecule has 0 aromatic heterocycles. The Bertz CT molecular complexity index is 1630. The summed E-state index contributed by atoms with van der Waals surface area (Å²) in [5, 5.41) is 0. The maximum absolute atomic E-state index is 6.27. The van der Waals surface area contributed by atoms with Crippen molar-refractivity contribution in [3.05, 3.63) is 132 Å². The number of para-hydroxylation sites is 2. The third kappa shape index (κ3) is 4.66. The Labute approximate surface area is 236 Å². The molecule has 0 bridgehead atoms. The number of nitrogens with zero attached hydrogens (tertiary/aromatic N) is 2. The van der Waals surface area contributed by atoms with Crippen molar-refractivity contribution in [2.45, 2.75) is 26.4 Å². The molecule has 0 saturated carbocycles. The van der Waals surface area contributed by atoms with Crippen LogP contribution in [0.4, 0.5) is 11.4 Å². The summed E-state index contributed by atoms with van der Waals surface area (Å²) in [6.07, 6.45) is 0.941. The molecule has 0 spiro atoms. The van der Waals surface area contributed by atoms with E-state index < -0.39 is 0 Å². The van der Waals surface area contributed by atoms with E-state index in [1.54, 1.807) is 0 Å². The summed E-state index contributed by atoms with van der Waals surface area (Å²) >= 11 is 0. The molecule has 40 heavy (non-hydrogen) atoms. The predicted molar refractivity (Wildman–Crippen MR) is 163 cm³/mol. The van der Waals surface area contributed by atoms with Crippen LogP contribution in [0.25, 0.3) is 22.3 Å². The quantitative estimate of drug-likeness (QED) is 0.231. The number of hydrogen-bond acceptors (Lipinski definition) is 4. The minimum Gasteiger partial charge on any atom is -0.473 e. The van der Waals surface area contributed by atoms with E-state index in [1.165, 1.54) is 50.3 Å². The molecule has 2 heterocycles. The van der Waals surface area contributed by atoms with Crippen LogP contribution in [-0.2, 0) is 19.5 Å². The number of ether oxygens (including phenoxy) is 2. The van der Waals surface area contributed by atoms with Crippen LogP contribution in [0.2, 0.25) is 0 Å². The zero-order chi connectivity index (χ0) is 26.9. The fourth-order valence-corrected chi connectivity index (χ4v) is 5.77. The molecule has 2 aliphatic heterocycles. The zero-order valence-corrected chi connectivity index (χ0v) is 22.7. The number of benzene rings is 5. The van der Waals surface area contributed by atoms with Gasteiger partial charge >= 0.3 is 0 Å². The normalized spacial score (nSPS) is 14.1. The molecule has 5 aromatic carbocycles. The van der Waals surface area contributed by atoms with Crippen molar-refractivity contribution in [3.63, 3.8) is 0 Å². The highest BCUT2D eigenvalue weighted by atomic mass is 16.5. The van der Waals surface area contributed by atoms with E-state index in [-0.39, 0.29) is 0 Å². The van der Waals surface area contributed by atoms with E-state index >= 15 is 0 Å². The number of anilines is 2. The molecule has 0 saturated heterocycles. The Kier molecular flexibility index (Phi) is 6.37. The molecule has 0 fully saturated rings. The van der Waals surface area contributed by atoms with Gasteiger partial charge in [0.2, 0.25) is 0 Å². The van der Waals surface area contributed by atoms with E-state index in [9.17, 15) is 0 Å². The van der Waals surface area contributed by atoms with Gasteiger partial charge < -0.3 is 19.3 Å². The van der Waals surface area contributed by atoms with Crippen molar-refractivity contribution < 1.29 is 9.47 Å². The van der Waals surface area contributed by atoms with Gasteiger partial charge in [0.15, 0.2) is 13.5 Å². The van der Waals surface area contributed by atoms with Crippen LogP contribution in [0.15, 0.2) is 115 Å². The molecule has 2 aliphatic rings. The Morgan fingerprint density at radius 2 is 1.10 bits per heavy atom. The highest BCUT2D eigenvalue weighted by Gasteiger charge is 2.22. The van der Waals surface area contributed by atoms with Gasteiger partial charge in [-0.3, -0.25) is 0 Å². The molecule has 0 radical (unpaired) electrons. The van der Waals surface area contributed by atoms with Gasteiger partial charge in [0, 0.05) is 35.6 Å². The molecule has 0 amide bonds. The first-order valence-electron chi connectivity index (χ1n) is 14.0. The van der Waals surface area contributed by atoms with Crippen LogP contribution >= 0.6 is 0 Å². The van der Waals surface area contributed by atoms with Gasteiger partial charge in [0.25, 0.3) is 0 Å². The molecule has 0 aliphatic carbocycles. The lowest BCUT2D eigenvalue weighted by Gasteiger charge is -2.32. The smallest absolute Gasteiger partial charge is 0.161 e. The van der Waals surface area contributed by atoms with E-state index in [0.29, 0.717) is 13.5 Å². The molecule has 198 valence electrons. The number of aryl methyl sites for hydroxylation is 1. The highest BCUT2D eigenvalue weighted by molar-refractivity contribution is 5.73. The summed E-state index contributed by atoms with van der Waals surface area (Å²) in [5.41, 5.74) is 10.9. The molecule has 0 unspecified atom stereocenters. The Morgan fingerprint density at radius 1 is 0.550 bits per heavy atom. The number of fused-ring (bicyclic) bond motifs is 2. The van der Waals surface area contributed by atoms with Crippen molar-refractivity contribution in [1.29, 1.82) is 0 Å². The zero-order valence-electron chi connectivity index (χ0n) is 22.7. The van der Waals surface area contributed by atoms with Crippen LogP contribution in [0, 0.1) is 0 Å². The van der Waals surface area contributed by atoms with Crippen molar-refractivity contribution in [1.82, 2.24) is 0 Å². The lowest BCUT2D eigenvalue weighted by atomic mass is 9.94. The standard InChI is InChI=1S/C36H32N2O2/c1-2-26-19-30(21-32-23-38(25-40-36(26)32)34-11-7-4-8-12-34)28-15-13-27(14-16-28)29-17-18-35-31(20-29)22-37(24-39-35)33-9-5-3-6-10-33/h3-21H,2,22-25H2,1H3. The first kappa shape index (κ1) is 24.3. The summed E-state index contributed by atoms with van der Waals surface area (Å²) < 4.78 is 12.3. The second kappa shape index (κ2) is 10.5. The summed E-state index contributed by atoms with van der Waals surface area (Å²) in [6, 6.07) is 41.0. The second-order valence-electron chi connectivity index (χ2n) is 10.5. The summed E-state index contributed by atoms with van der Waals surface area (Å²) in [5.74, 6) is 2.02. The predicted octanol–water partition coefficient (Wildman–Crippen LogP) is 8.30. The second-order valence-corrected chi connectivity index (χ2v) is 10.5. The van der Waals surface area contributed by atoms with Crippen molar-refractivity contribution >= 4 is 11.4 Å². The number of rotatable bonds is 5. The minimum atomic E-state index is 0.569. The topological polar surface area (TPSA) is 24.9 Å². The lowest BCUT2D eigenvalue weighted by molar-refractivity contribution is 0.286. The minimum absolute atomic E-state index is 0.569. The molecule has 7 rings (SSSR count). The van der Waals surface area contributed by atoms with Gasteiger partial charge in [-0.15, -0.1) is 0 Å². The largest absolute Gasteiger partial charge is 0.473 e. The molecule has 0 N–H and O–H groups in total. The van der Waals surface area contributed by atoms with Crippen LogP contribution in [0.3, 0.4) is 0 Å². The van der Waals surface area contributed by atoms with Gasteiger partial charge in [-0.25, -0.2) is 0 Å². The van der Waals surface area contributed by atoms with Crippen molar-refractivity contribution in [2.24, 2.45) is 0 Å². The van der Waals surface area contributed by atoms with Gasteiger partial charge in [0.1, 0.15) is 11.5 Å². The van der Waals surface area contributed by atoms with E-state index in [2.05, 4.69) is 126 Å². The summed E-state index contributed by atoms with van der Waals surface area (Å²) in [4.78, 5) is 4.55. The third-order valence-corrected chi connectivity index (χ3v) is 7.94. The van der Waals surface area contributed by atoms with Crippen LogP contribution in [0.5, 0.6) is 11.5 Å². The maximum Gasteiger partial charge on any atom is 0.161 e.